The molecule has 0 radical (unpaired) electrons. The van der Waals surface area contributed by atoms with E-state index in [9.17, 15) is 0 Å². The van der Waals surface area contributed by atoms with Crippen molar-refractivity contribution >= 4 is 23.2 Å². The van der Waals surface area contributed by atoms with Gasteiger partial charge in [0, 0.05) is 0 Å². The van der Waals surface area contributed by atoms with Crippen molar-refractivity contribution in [2.24, 2.45) is 0 Å². The Morgan fingerprint density at radius 1 is 1.14 bits per heavy atom. The Morgan fingerprint density at radius 3 is 1.71 bits per heavy atom. The molecular formula is C3H2Cl2O2. The molecule has 0 atom stereocenters. The standard InChI is InChI=1S/C3H2Cl2O2/c4-2-3(5)7-1-6-2/h1H2. The fourth-order valence-electron chi connectivity index (χ4n) is 0.246. The molecule has 2 nitrogen and oxygen atoms in total. The van der Waals surface area contributed by atoms with Gasteiger partial charge in [-0.2, -0.15) is 0 Å². The van der Waals surface area contributed by atoms with Gasteiger partial charge in [0.05, 0.1) is 0 Å². The molecule has 0 saturated carbocycles. The molecule has 1 heterocycles. The van der Waals surface area contributed by atoms with E-state index < -0.39 is 0 Å². The lowest BCUT2D eigenvalue weighted by Gasteiger charge is -1.85. The molecule has 0 amide bonds. The molecule has 0 unspecified atom stereocenters. The van der Waals surface area contributed by atoms with Gasteiger partial charge in [-0.25, -0.2) is 0 Å². The summed E-state index contributed by atoms with van der Waals surface area (Å²) < 4.78 is 9.11. The quantitative estimate of drug-likeness (QED) is 0.509. The monoisotopic (exact) mass is 140 g/mol. The number of rotatable bonds is 0. The van der Waals surface area contributed by atoms with Crippen molar-refractivity contribution in [2.45, 2.75) is 0 Å². The van der Waals surface area contributed by atoms with Crippen molar-refractivity contribution in [2.75, 3.05) is 6.79 Å². The zero-order valence-corrected chi connectivity index (χ0v) is 4.79. The minimum atomic E-state index is 0.137. The molecule has 1 aliphatic rings. The maximum absolute atomic E-state index is 5.26. The number of hydrogen-bond donors (Lipinski definition) is 0. The lowest BCUT2D eigenvalue weighted by atomic mass is 11.1. The van der Waals surface area contributed by atoms with E-state index >= 15 is 0 Å². The highest BCUT2D eigenvalue weighted by atomic mass is 35.5. The predicted molar refractivity (Wildman–Crippen MR) is 25.8 cm³/mol. The van der Waals surface area contributed by atoms with Crippen LogP contribution < -0.4 is 0 Å². The van der Waals surface area contributed by atoms with Gasteiger partial charge in [0.15, 0.2) is 0 Å². The van der Waals surface area contributed by atoms with E-state index in [1.807, 2.05) is 0 Å². The summed E-state index contributed by atoms with van der Waals surface area (Å²) in [6.07, 6.45) is 0. The maximum atomic E-state index is 5.26. The minimum absolute atomic E-state index is 0.137. The molecule has 0 saturated heterocycles. The third-order valence-corrected chi connectivity index (χ3v) is 1.18. The van der Waals surface area contributed by atoms with Crippen molar-refractivity contribution in [3.8, 4) is 0 Å². The molecular weight excluding hydrogens is 139 g/mol. The zero-order valence-electron chi connectivity index (χ0n) is 3.28. The molecule has 1 aliphatic heterocycles. The van der Waals surface area contributed by atoms with Crippen LogP contribution in [0.3, 0.4) is 0 Å². The zero-order chi connectivity index (χ0) is 5.28. The van der Waals surface area contributed by atoms with Crippen molar-refractivity contribution < 1.29 is 9.47 Å². The molecule has 0 bridgehead atoms. The molecule has 0 aromatic carbocycles. The minimum Gasteiger partial charge on any atom is -0.442 e. The SMILES string of the molecule is ClC1=C(Cl)OCO1. The number of ether oxygens (including phenoxy) is 2. The van der Waals surface area contributed by atoms with E-state index in [1.165, 1.54) is 0 Å². The topological polar surface area (TPSA) is 18.5 Å². The van der Waals surface area contributed by atoms with Crippen molar-refractivity contribution in [3.63, 3.8) is 0 Å². The van der Waals surface area contributed by atoms with Crippen LogP contribution in [0.25, 0.3) is 0 Å². The van der Waals surface area contributed by atoms with Crippen LogP contribution in [0.4, 0.5) is 0 Å². The molecule has 1 rings (SSSR count). The molecule has 4 heteroatoms. The Bertz CT molecular complexity index is 97.5. The lowest BCUT2D eigenvalue weighted by Crippen LogP contribution is -1.78. The third kappa shape index (κ3) is 0.924. The number of halogens is 2. The largest absolute Gasteiger partial charge is 0.442 e. The van der Waals surface area contributed by atoms with Gasteiger partial charge in [-0.15, -0.1) is 0 Å². The van der Waals surface area contributed by atoms with Gasteiger partial charge in [-0.3, -0.25) is 0 Å². The summed E-state index contributed by atoms with van der Waals surface area (Å²) in [5.74, 6) is 0. The highest BCUT2D eigenvalue weighted by molar-refractivity contribution is 6.37. The summed E-state index contributed by atoms with van der Waals surface area (Å²) in [4.78, 5) is 0. The second-order valence-electron chi connectivity index (χ2n) is 0.954. The Labute approximate surface area is 50.6 Å². The van der Waals surface area contributed by atoms with Crippen LogP contribution in [0.15, 0.2) is 10.4 Å². The smallest absolute Gasteiger partial charge is 0.245 e. The van der Waals surface area contributed by atoms with Gasteiger partial charge in [-0.1, -0.05) is 0 Å². The Morgan fingerprint density at radius 2 is 1.57 bits per heavy atom. The Hall–Kier alpha value is -0.0800. The molecule has 0 spiro atoms. The second kappa shape index (κ2) is 1.80. The summed E-state index contributed by atoms with van der Waals surface area (Å²) in [5.41, 5.74) is 0. The maximum Gasteiger partial charge on any atom is 0.245 e. The second-order valence-corrected chi connectivity index (χ2v) is 1.64. The number of hydrogen-bond acceptors (Lipinski definition) is 2. The highest BCUT2D eigenvalue weighted by Crippen LogP contribution is 2.21. The van der Waals surface area contributed by atoms with Gasteiger partial charge in [0.25, 0.3) is 0 Å². The van der Waals surface area contributed by atoms with Crippen LogP contribution in [0.1, 0.15) is 0 Å². The first kappa shape index (κ1) is 5.06. The average molecular weight is 141 g/mol. The average Bonchev–Trinajstić information content (AvgIpc) is 1.91. The Balaban J connectivity index is 2.64. The fraction of sp³-hybridized carbons (Fsp3) is 0.333. The van der Waals surface area contributed by atoms with Gasteiger partial charge in [0.2, 0.25) is 17.2 Å². The van der Waals surface area contributed by atoms with Gasteiger partial charge in [-0.05, 0) is 23.2 Å². The molecule has 0 aliphatic carbocycles. The first-order valence-electron chi connectivity index (χ1n) is 1.61. The third-order valence-electron chi connectivity index (χ3n) is 0.526. The lowest BCUT2D eigenvalue weighted by molar-refractivity contribution is 0.0842. The van der Waals surface area contributed by atoms with Crippen LogP contribution in [0.2, 0.25) is 0 Å². The van der Waals surface area contributed by atoms with Crippen LogP contribution in [0.5, 0.6) is 0 Å². The summed E-state index contributed by atoms with van der Waals surface area (Å²) in [6.45, 7) is 0.137. The first-order valence-corrected chi connectivity index (χ1v) is 2.37. The van der Waals surface area contributed by atoms with Crippen molar-refractivity contribution in [1.29, 1.82) is 0 Å². The molecule has 0 N–H and O–H groups in total. The summed E-state index contributed by atoms with van der Waals surface area (Å²) in [5, 5.41) is 0.281. The predicted octanol–water partition coefficient (Wildman–Crippen LogP) is 1.59. The molecule has 0 fully saturated rings. The van der Waals surface area contributed by atoms with Crippen molar-refractivity contribution in [1.82, 2.24) is 0 Å². The molecule has 40 valence electrons. The van der Waals surface area contributed by atoms with Gasteiger partial charge >= 0.3 is 0 Å². The van der Waals surface area contributed by atoms with Gasteiger partial charge in [0.1, 0.15) is 0 Å². The first-order chi connectivity index (χ1) is 3.30. The van der Waals surface area contributed by atoms with Crippen LogP contribution in [-0.4, -0.2) is 6.79 Å². The van der Waals surface area contributed by atoms with E-state index in [1.54, 1.807) is 0 Å². The van der Waals surface area contributed by atoms with Gasteiger partial charge < -0.3 is 9.47 Å². The molecule has 7 heavy (non-hydrogen) atoms. The van der Waals surface area contributed by atoms with Crippen LogP contribution in [0, 0.1) is 0 Å². The van der Waals surface area contributed by atoms with E-state index in [0.717, 1.165) is 0 Å². The van der Waals surface area contributed by atoms with Crippen LogP contribution >= 0.6 is 23.2 Å². The van der Waals surface area contributed by atoms with E-state index in [4.69, 9.17) is 23.2 Å². The molecule has 0 aromatic heterocycles. The van der Waals surface area contributed by atoms with E-state index in [0.29, 0.717) is 0 Å². The Kier molecular flexibility index (Phi) is 1.30. The van der Waals surface area contributed by atoms with E-state index in [-0.39, 0.29) is 17.2 Å². The summed E-state index contributed by atoms with van der Waals surface area (Å²) in [6, 6.07) is 0. The van der Waals surface area contributed by atoms with E-state index in [2.05, 4.69) is 9.47 Å². The van der Waals surface area contributed by atoms with Crippen LogP contribution in [-0.2, 0) is 9.47 Å². The van der Waals surface area contributed by atoms with Crippen molar-refractivity contribution in [3.05, 3.63) is 10.4 Å². The highest BCUT2D eigenvalue weighted by Gasteiger charge is 2.10. The summed E-state index contributed by atoms with van der Waals surface area (Å²) >= 11 is 10.5. The fourth-order valence-corrected chi connectivity index (χ4v) is 0.445. The normalized spacial score (nSPS) is 19.1. The summed E-state index contributed by atoms with van der Waals surface area (Å²) in [7, 11) is 0. The molecule has 0 aromatic rings.